The molecule has 2 N–H and O–H groups in total. The molecule has 0 saturated carbocycles. The molecule has 8 nitrogen and oxygen atoms in total. The Labute approximate surface area is 219 Å². The smallest absolute Gasteiger partial charge is 0.247 e. The van der Waals surface area contributed by atoms with E-state index in [1.807, 2.05) is 24.3 Å². The SMILES string of the molecule is C=CC(=O)Nc1cncc(-c2cccc3cnc(Nc4ccc(N5CCN(CCF)CC5)cc4F)nc23)c1. The lowest BCUT2D eigenvalue weighted by molar-refractivity contribution is -0.111. The first-order valence-electron chi connectivity index (χ1n) is 12.3. The Hall–Kier alpha value is -4.44. The van der Waals surface area contributed by atoms with Crippen LogP contribution in [0.25, 0.3) is 22.0 Å². The Morgan fingerprint density at radius 2 is 1.92 bits per heavy atom. The van der Waals surface area contributed by atoms with Gasteiger partial charge in [0.15, 0.2) is 0 Å². The molecule has 38 heavy (non-hydrogen) atoms. The summed E-state index contributed by atoms with van der Waals surface area (Å²) in [7, 11) is 0. The van der Waals surface area contributed by atoms with Crippen molar-refractivity contribution >= 4 is 39.8 Å². The minimum Gasteiger partial charge on any atom is -0.369 e. The quantitative estimate of drug-likeness (QED) is 0.326. The van der Waals surface area contributed by atoms with Gasteiger partial charge in [-0.05, 0) is 30.3 Å². The first-order chi connectivity index (χ1) is 18.5. The molecule has 10 heteroatoms. The number of nitrogens with one attached hydrogen (secondary N) is 2. The summed E-state index contributed by atoms with van der Waals surface area (Å²) in [6.07, 6.45) is 6.10. The maximum Gasteiger partial charge on any atom is 0.247 e. The van der Waals surface area contributed by atoms with Crippen LogP contribution in [0.2, 0.25) is 0 Å². The zero-order valence-corrected chi connectivity index (χ0v) is 20.7. The minimum absolute atomic E-state index is 0.250. The maximum absolute atomic E-state index is 15.1. The lowest BCUT2D eigenvalue weighted by atomic mass is 10.0. The van der Waals surface area contributed by atoms with Crippen LogP contribution in [0.4, 0.5) is 31.8 Å². The predicted molar refractivity (Wildman–Crippen MR) is 146 cm³/mol. The molecule has 194 valence electrons. The second-order valence-corrected chi connectivity index (χ2v) is 8.90. The first kappa shape index (κ1) is 25.2. The van der Waals surface area contributed by atoms with Gasteiger partial charge >= 0.3 is 0 Å². The molecule has 0 atom stereocenters. The number of carbonyl (C=O) groups is 1. The number of alkyl halides is 1. The second kappa shape index (κ2) is 11.3. The molecule has 0 aliphatic carbocycles. The molecule has 4 aromatic rings. The van der Waals surface area contributed by atoms with Crippen LogP contribution in [0.3, 0.4) is 0 Å². The molecule has 0 spiro atoms. The summed E-state index contributed by atoms with van der Waals surface area (Å²) in [6.45, 7) is 6.48. The molecular formula is C28H27F2N7O. The van der Waals surface area contributed by atoms with E-state index in [4.69, 9.17) is 0 Å². The van der Waals surface area contributed by atoms with Crippen LogP contribution >= 0.6 is 0 Å². The topological polar surface area (TPSA) is 86.3 Å². The number of para-hydroxylation sites is 1. The van der Waals surface area contributed by atoms with Crippen LogP contribution < -0.4 is 15.5 Å². The number of aromatic nitrogens is 3. The number of pyridine rings is 1. The number of benzene rings is 2. The molecule has 0 radical (unpaired) electrons. The summed E-state index contributed by atoms with van der Waals surface area (Å²) in [6, 6.07) is 12.5. The highest BCUT2D eigenvalue weighted by Gasteiger charge is 2.18. The summed E-state index contributed by atoms with van der Waals surface area (Å²) in [5.41, 5.74) is 3.77. The van der Waals surface area contributed by atoms with E-state index in [-0.39, 0.29) is 24.2 Å². The average molecular weight is 516 g/mol. The predicted octanol–water partition coefficient (Wildman–Crippen LogP) is 4.79. The third kappa shape index (κ3) is 5.60. The number of amides is 1. The molecule has 0 unspecified atom stereocenters. The van der Waals surface area contributed by atoms with Crippen LogP contribution in [0.5, 0.6) is 0 Å². The highest BCUT2D eigenvalue weighted by atomic mass is 19.1. The highest BCUT2D eigenvalue weighted by molar-refractivity contribution is 6.00. The fourth-order valence-electron chi connectivity index (χ4n) is 4.47. The lowest BCUT2D eigenvalue weighted by Gasteiger charge is -2.35. The molecule has 1 saturated heterocycles. The average Bonchev–Trinajstić information content (AvgIpc) is 2.94. The van der Waals surface area contributed by atoms with Gasteiger partial charge in [0.2, 0.25) is 11.9 Å². The van der Waals surface area contributed by atoms with E-state index in [2.05, 4.69) is 42.0 Å². The van der Waals surface area contributed by atoms with Gasteiger partial charge in [0.05, 0.1) is 23.1 Å². The van der Waals surface area contributed by atoms with Crippen molar-refractivity contribution in [2.75, 3.05) is 54.9 Å². The fourth-order valence-corrected chi connectivity index (χ4v) is 4.47. The monoisotopic (exact) mass is 515 g/mol. The van der Waals surface area contributed by atoms with Crippen LogP contribution in [-0.4, -0.2) is 65.2 Å². The summed E-state index contributed by atoms with van der Waals surface area (Å²) in [5.74, 6) is -0.496. The van der Waals surface area contributed by atoms with Crippen molar-refractivity contribution < 1.29 is 13.6 Å². The molecule has 2 aromatic carbocycles. The van der Waals surface area contributed by atoms with Gasteiger partial charge in [-0.15, -0.1) is 0 Å². The van der Waals surface area contributed by atoms with Crippen molar-refractivity contribution in [3.05, 3.63) is 79.5 Å². The van der Waals surface area contributed by atoms with Gasteiger partial charge in [-0.1, -0.05) is 24.8 Å². The number of hydrogen-bond acceptors (Lipinski definition) is 7. The van der Waals surface area contributed by atoms with Crippen LogP contribution in [0.15, 0.2) is 73.7 Å². The number of carbonyl (C=O) groups excluding carboxylic acids is 1. The molecule has 0 bridgehead atoms. The highest BCUT2D eigenvalue weighted by Crippen LogP contribution is 2.30. The Morgan fingerprint density at radius 1 is 1.08 bits per heavy atom. The Bertz CT molecular complexity index is 1470. The molecule has 5 rings (SSSR count). The van der Waals surface area contributed by atoms with Crippen molar-refractivity contribution in [1.29, 1.82) is 0 Å². The zero-order valence-electron chi connectivity index (χ0n) is 20.7. The molecule has 2 aromatic heterocycles. The van der Waals surface area contributed by atoms with Crippen molar-refractivity contribution in [2.24, 2.45) is 0 Å². The van der Waals surface area contributed by atoms with E-state index in [9.17, 15) is 9.18 Å². The van der Waals surface area contributed by atoms with Crippen molar-refractivity contribution in [1.82, 2.24) is 19.9 Å². The minimum atomic E-state index is -0.416. The van der Waals surface area contributed by atoms with Crippen molar-refractivity contribution in [2.45, 2.75) is 0 Å². The van der Waals surface area contributed by atoms with Crippen molar-refractivity contribution in [3.8, 4) is 11.1 Å². The largest absolute Gasteiger partial charge is 0.369 e. The second-order valence-electron chi connectivity index (χ2n) is 8.90. The zero-order chi connectivity index (χ0) is 26.5. The van der Waals surface area contributed by atoms with E-state index >= 15 is 4.39 Å². The normalized spacial score (nSPS) is 13.9. The van der Waals surface area contributed by atoms with Gasteiger partial charge in [0, 0.05) is 67.3 Å². The van der Waals surface area contributed by atoms with Gasteiger partial charge < -0.3 is 15.5 Å². The van der Waals surface area contributed by atoms with Crippen LogP contribution in [-0.2, 0) is 4.79 Å². The lowest BCUT2D eigenvalue weighted by Crippen LogP contribution is -2.47. The van der Waals surface area contributed by atoms with E-state index in [1.165, 1.54) is 12.1 Å². The number of halogens is 2. The molecule has 3 heterocycles. The summed E-state index contributed by atoms with van der Waals surface area (Å²) in [4.78, 5) is 29.1. The van der Waals surface area contributed by atoms with E-state index < -0.39 is 5.82 Å². The third-order valence-corrected chi connectivity index (χ3v) is 6.45. The van der Waals surface area contributed by atoms with E-state index in [0.717, 1.165) is 48.4 Å². The van der Waals surface area contributed by atoms with E-state index in [0.29, 0.717) is 17.7 Å². The van der Waals surface area contributed by atoms with Gasteiger partial charge in [-0.3, -0.25) is 14.7 Å². The summed E-state index contributed by atoms with van der Waals surface area (Å²) < 4.78 is 27.7. The number of piperazine rings is 1. The molecule has 1 aliphatic rings. The fraction of sp³-hybridized carbons (Fsp3) is 0.214. The Kier molecular flexibility index (Phi) is 7.50. The molecule has 1 amide bonds. The van der Waals surface area contributed by atoms with Gasteiger partial charge in [-0.2, -0.15) is 0 Å². The summed E-state index contributed by atoms with van der Waals surface area (Å²) >= 11 is 0. The Balaban J connectivity index is 1.37. The van der Waals surface area contributed by atoms with Crippen molar-refractivity contribution in [3.63, 3.8) is 0 Å². The number of fused-ring (bicyclic) bond motifs is 1. The molecular weight excluding hydrogens is 488 g/mol. The molecule has 1 aliphatic heterocycles. The number of hydrogen-bond donors (Lipinski definition) is 2. The number of rotatable bonds is 8. The Morgan fingerprint density at radius 3 is 2.68 bits per heavy atom. The number of nitrogens with zero attached hydrogens (tertiary/aromatic N) is 5. The standard InChI is InChI=1S/C28H27F2N7O/c1-2-26(38)33-21-14-20(16-31-18-21)23-5-3-4-19-17-32-28(35-27(19)23)34-25-7-6-22(15-24(25)30)37-12-10-36(9-8-29)11-13-37/h2-7,14-18H,1,8-13H2,(H,33,38)(H,32,34,35). The maximum atomic E-state index is 15.1. The third-order valence-electron chi connectivity index (χ3n) is 6.45. The summed E-state index contributed by atoms with van der Waals surface area (Å²) in [5, 5.41) is 6.50. The van der Waals surface area contributed by atoms with Gasteiger partial charge in [0.25, 0.3) is 0 Å². The number of anilines is 4. The van der Waals surface area contributed by atoms with E-state index in [1.54, 1.807) is 30.7 Å². The van der Waals surface area contributed by atoms with Gasteiger partial charge in [0.1, 0.15) is 12.5 Å². The molecule has 1 fully saturated rings. The first-order valence-corrected chi connectivity index (χ1v) is 12.3. The van der Waals surface area contributed by atoms with Crippen LogP contribution in [0, 0.1) is 5.82 Å². The van der Waals surface area contributed by atoms with Crippen LogP contribution in [0.1, 0.15) is 0 Å². The van der Waals surface area contributed by atoms with Gasteiger partial charge in [-0.25, -0.2) is 18.7 Å².